The third-order valence-corrected chi connectivity index (χ3v) is 5.08. The van der Waals surface area contributed by atoms with Crippen LogP contribution >= 0.6 is 0 Å². The van der Waals surface area contributed by atoms with Crippen LogP contribution in [-0.2, 0) is 16.4 Å². The van der Waals surface area contributed by atoms with Crippen LogP contribution in [0.2, 0.25) is 0 Å². The van der Waals surface area contributed by atoms with Gasteiger partial charge >= 0.3 is 0 Å². The van der Waals surface area contributed by atoms with Gasteiger partial charge in [-0.05, 0) is 30.2 Å². The van der Waals surface area contributed by atoms with Crippen LogP contribution < -0.4 is 15.6 Å². The quantitative estimate of drug-likeness (QED) is 0.653. The summed E-state index contributed by atoms with van der Waals surface area (Å²) in [6.07, 6.45) is 2.14. The molecule has 104 valence electrons. The first kappa shape index (κ1) is 12.9. The van der Waals surface area contributed by atoms with Gasteiger partial charge in [-0.2, -0.15) is 8.42 Å². The average molecular weight is 290 g/mol. The van der Waals surface area contributed by atoms with Crippen molar-refractivity contribution in [3.05, 3.63) is 48.2 Å². The van der Waals surface area contributed by atoms with Crippen LogP contribution in [0.3, 0.4) is 0 Å². The number of sulfonamides is 1. The van der Waals surface area contributed by atoms with Crippen LogP contribution in [-0.4, -0.2) is 19.9 Å². The summed E-state index contributed by atoms with van der Waals surface area (Å²) in [4.78, 5) is 3.97. The first-order chi connectivity index (χ1) is 9.64. The van der Waals surface area contributed by atoms with E-state index in [9.17, 15) is 8.42 Å². The summed E-state index contributed by atoms with van der Waals surface area (Å²) < 4.78 is 26.9. The molecule has 6 nitrogen and oxygen atoms in total. The molecule has 3 rings (SSSR count). The van der Waals surface area contributed by atoms with Crippen LogP contribution in [0.5, 0.6) is 0 Å². The first-order valence-electron chi connectivity index (χ1n) is 6.17. The molecular weight excluding hydrogens is 276 g/mol. The van der Waals surface area contributed by atoms with Crippen molar-refractivity contribution in [1.82, 2.24) is 4.98 Å². The molecule has 0 saturated carbocycles. The maximum Gasteiger partial charge on any atom is 0.284 e. The fourth-order valence-electron chi connectivity index (χ4n) is 2.37. The zero-order chi connectivity index (χ0) is 14.2. The number of para-hydroxylation sites is 1. The van der Waals surface area contributed by atoms with Crippen LogP contribution in [0.4, 0.5) is 11.4 Å². The lowest BCUT2D eigenvalue weighted by Crippen LogP contribution is -2.30. The van der Waals surface area contributed by atoms with E-state index in [1.807, 2.05) is 18.2 Å². The van der Waals surface area contributed by atoms with Gasteiger partial charge in [-0.15, -0.1) is 0 Å². The van der Waals surface area contributed by atoms with Gasteiger partial charge in [0.25, 0.3) is 10.0 Å². The van der Waals surface area contributed by atoms with Crippen molar-refractivity contribution in [3.63, 3.8) is 0 Å². The van der Waals surface area contributed by atoms with Crippen molar-refractivity contribution < 1.29 is 8.42 Å². The molecule has 0 spiro atoms. The number of pyridine rings is 1. The molecule has 0 radical (unpaired) electrons. The van der Waals surface area contributed by atoms with Gasteiger partial charge in [-0.3, -0.25) is 10.1 Å². The zero-order valence-electron chi connectivity index (χ0n) is 10.7. The number of nitrogen functional groups attached to an aromatic ring is 1. The molecule has 0 aliphatic carbocycles. The van der Waals surface area contributed by atoms with Gasteiger partial charge < -0.3 is 5.43 Å². The minimum Gasteiger partial charge on any atom is -0.321 e. The van der Waals surface area contributed by atoms with Gasteiger partial charge in [0.15, 0.2) is 0 Å². The van der Waals surface area contributed by atoms with Crippen LogP contribution in [0.1, 0.15) is 5.56 Å². The lowest BCUT2D eigenvalue weighted by atomic mass is 10.2. The van der Waals surface area contributed by atoms with Gasteiger partial charge in [0.05, 0.1) is 11.4 Å². The second kappa shape index (κ2) is 4.77. The van der Waals surface area contributed by atoms with E-state index in [1.54, 1.807) is 18.2 Å². The Hall–Kier alpha value is -2.12. The molecule has 0 fully saturated rings. The molecule has 0 amide bonds. The Kier molecular flexibility index (Phi) is 3.07. The normalized spacial score (nSPS) is 14.2. The predicted octanol–water partition coefficient (Wildman–Crippen LogP) is 1.12. The van der Waals surface area contributed by atoms with Gasteiger partial charge in [0, 0.05) is 12.7 Å². The minimum absolute atomic E-state index is 0.0563. The van der Waals surface area contributed by atoms with Crippen molar-refractivity contribution >= 4 is 21.4 Å². The number of fused-ring (bicyclic) bond motifs is 1. The molecule has 0 unspecified atom stereocenters. The Morgan fingerprint density at radius 1 is 1.20 bits per heavy atom. The number of hydrogen-bond acceptors (Lipinski definition) is 5. The molecule has 7 heteroatoms. The second-order valence-electron chi connectivity index (χ2n) is 4.46. The largest absolute Gasteiger partial charge is 0.321 e. The van der Waals surface area contributed by atoms with E-state index in [4.69, 9.17) is 5.84 Å². The fourth-order valence-corrected chi connectivity index (χ4v) is 3.94. The number of aromatic nitrogens is 1. The first-order valence-corrected chi connectivity index (χ1v) is 7.61. The highest BCUT2D eigenvalue weighted by atomic mass is 32.2. The number of hydrogen-bond donors (Lipinski definition) is 2. The molecule has 20 heavy (non-hydrogen) atoms. The third-order valence-electron chi connectivity index (χ3n) is 3.31. The SMILES string of the molecule is NNc1cccnc1S(=O)(=O)N1CCc2ccccc21. The number of hydrazine groups is 1. The highest BCUT2D eigenvalue weighted by Crippen LogP contribution is 2.33. The smallest absolute Gasteiger partial charge is 0.284 e. The maximum absolute atomic E-state index is 12.7. The summed E-state index contributed by atoms with van der Waals surface area (Å²) in [6.45, 7) is 0.419. The lowest BCUT2D eigenvalue weighted by molar-refractivity contribution is 0.589. The number of anilines is 2. The van der Waals surface area contributed by atoms with Crippen LogP contribution in [0.25, 0.3) is 0 Å². The third kappa shape index (κ3) is 1.91. The molecule has 3 N–H and O–H groups in total. The molecule has 2 heterocycles. The van der Waals surface area contributed by atoms with E-state index in [0.717, 1.165) is 5.56 Å². The van der Waals surface area contributed by atoms with Crippen molar-refractivity contribution in [2.45, 2.75) is 11.4 Å². The molecule has 2 aromatic rings. The Morgan fingerprint density at radius 3 is 2.80 bits per heavy atom. The highest BCUT2D eigenvalue weighted by Gasteiger charge is 2.33. The maximum atomic E-state index is 12.7. The summed E-state index contributed by atoms with van der Waals surface area (Å²) >= 11 is 0. The molecule has 0 bridgehead atoms. The van der Waals surface area contributed by atoms with Crippen molar-refractivity contribution in [2.24, 2.45) is 5.84 Å². The van der Waals surface area contributed by atoms with Gasteiger partial charge in [-0.1, -0.05) is 18.2 Å². The molecule has 0 saturated heterocycles. The van der Waals surface area contributed by atoms with E-state index >= 15 is 0 Å². The highest BCUT2D eigenvalue weighted by molar-refractivity contribution is 7.92. The molecule has 1 aromatic heterocycles. The van der Waals surface area contributed by atoms with Crippen LogP contribution in [0.15, 0.2) is 47.6 Å². The molecule has 1 aromatic carbocycles. The number of nitrogens with two attached hydrogens (primary N) is 1. The zero-order valence-corrected chi connectivity index (χ0v) is 11.5. The van der Waals surface area contributed by atoms with Gasteiger partial charge in [0.2, 0.25) is 5.03 Å². The van der Waals surface area contributed by atoms with E-state index < -0.39 is 10.0 Å². The number of benzene rings is 1. The monoisotopic (exact) mass is 290 g/mol. The van der Waals surface area contributed by atoms with Crippen LogP contribution in [0, 0.1) is 0 Å². The lowest BCUT2D eigenvalue weighted by Gasteiger charge is -2.20. The van der Waals surface area contributed by atoms with Gasteiger partial charge in [0.1, 0.15) is 0 Å². The topological polar surface area (TPSA) is 88.3 Å². The number of rotatable bonds is 3. The average Bonchev–Trinajstić information content (AvgIpc) is 2.92. The Labute approximate surface area is 117 Å². The van der Waals surface area contributed by atoms with E-state index in [1.165, 1.54) is 10.5 Å². The standard InChI is InChI=1S/C13H14N4O2S/c14-16-11-5-3-8-15-13(11)20(18,19)17-9-7-10-4-1-2-6-12(10)17/h1-6,8,16H,7,9,14H2. The van der Waals surface area contributed by atoms with Crippen molar-refractivity contribution in [3.8, 4) is 0 Å². The Bertz CT molecular complexity index is 746. The van der Waals surface area contributed by atoms with E-state index in [-0.39, 0.29) is 10.7 Å². The Morgan fingerprint density at radius 2 is 2.00 bits per heavy atom. The van der Waals surface area contributed by atoms with Crippen molar-refractivity contribution in [1.29, 1.82) is 0 Å². The van der Waals surface area contributed by atoms with Crippen molar-refractivity contribution in [2.75, 3.05) is 16.3 Å². The molecule has 0 atom stereocenters. The minimum atomic E-state index is -3.72. The van der Waals surface area contributed by atoms with E-state index in [0.29, 0.717) is 18.7 Å². The molecular formula is C13H14N4O2S. The summed E-state index contributed by atoms with van der Waals surface area (Å²) in [7, 11) is -3.72. The number of nitrogens with zero attached hydrogens (tertiary/aromatic N) is 2. The molecule has 1 aliphatic heterocycles. The predicted molar refractivity (Wildman–Crippen MR) is 76.7 cm³/mol. The summed E-state index contributed by atoms with van der Waals surface area (Å²) in [5.41, 5.74) is 4.40. The summed E-state index contributed by atoms with van der Waals surface area (Å²) in [5.74, 6) is 5.37. The molecule has 1 aliphatic rings. The number of nitrogens with one attached hydrogen (secondary N) is 1. The van der Waals surface area contributed by atoms with E-state index in [2.05, 4.69) is 10.4 Å². The Balaban J connectivity index is 2.10. The summed E-state index contributed by atoms with van der Waals surface area (Å²) in [5, 5.41) is -0.0563. The second-order valence-corrected chi connectivity index (χ2v) is 6.23. The summed E-state index contributed by atoms with van der Waals surface area (Å²) in [6, 6.07) is 10.7. The van der Waals surface area contributed by atoms with Gasteiger partial charge in [-0.25, -0.2) is 4.98 Å². The fraction of sp³-hybridized carbons (Fsp3) is 0.154.